The number of benzene rings is 1. The average molecular weight is 358 g/mol. The summed E-state index contributed by atoms with van der Waals surface area (Å²) in [7, 11) is 0. The van der Waals surface area contributed by atoms with Gasteiger partial charge in [-0.1, -0.05) is 31.7 Å². The van der Waals surface area contributed by atoms with Gasteiger partial charge < -0.3 is 16.4 Å². The average Bonchev–Trinajstić information content (AvgIpc) is 2.90. The summed E-state index contributed by atoms with van der Waals surface area (Å²) in [4.78, 5) is 27.0. The van der Waals surface area contributed by atoms with Gasteiger partial charge in [0.05, 0.1) is 12.1 Å². The molecule has 2 amide bonds. The molecule has 6 nitrogen and oxygen atoms in total. The second kappa shape index (κ2) is 8.64. The number of carbonyl (C=O) groups excluding carboxylic acids is 2. The van der Waals surface area contributed by atoms with Crippen LogP contribution in [0.25, 0.3) is 0 Å². The minimum absolute atomic E-state index is 0.0125. The van der Waals surface area contributed by atoms with E-state index in [-0.39, 0.29) is 11.8 Å². The lowest BCUT2D eigenvalue weighted by Crippen LogP contribution is -2.48. The SMILES string of the molecule is NC1(C(=O)Nc2cccc(NC(=O)CN3CCCCCC3)c2)CCCC1. The molecule has 0 aromatic heterocycles. The highest BCUT2D eigenvalue weighted by atomic mass is 16.2. The van der Waals surface area contributed by atoms with Crippen molar-refractivity contribution < 1.29 is 9.59 Å². The summed E-state index contributed by atoms with van der Waals surface area (Å²) in [5, 5.41) is 5.84. The molecule has 3 rings (SSSR count). The fourth-order valence-corrected chi connectivity index (χ4v) is 3.86. The first-order valence-electron chi connectivity index (χ1n) is 9.78. The number of anilines is 2. The Morgan fingerprint density at radius 3 is 2.23 bits per heavy atom. The highest BCUT2D eigenvalue weighted by Gasteiger charge is 2.36. The van der Waals surface area contributed by atoms with Crippen molar-refractivity contribution in [3.05, 3.63) is 24.3 Å². The number of hydrogen-bond acceptors (Lipinski definition) is 4. The molecule has 0 atom stereocenters. The maximum absolute atomic E-state index is 12.4. The van der Waals surface area contributed by atoms with Gasteiger partial charge in [-0.3, -0.25) is 14.5 Å². The number of amides is 2. The van der Waals surface area contributed by atoms with E-state index in [0.717, 1.165) is 51.6 Å². The zero-order chi connectivity index (χ0) is 18.4. The standard InChI is InChI=1S/C20H30N4O2/c21-20(10-3-4-11-20)19(26)23-17-9-7-8-16(14-17)22-18(25)15-24-12-5-1-2-6-13-24/h7-9,14H,1-6,10-13,15,21H2,(H,22,25)(H,23,26). The Balaban J connectivity index is 1.55. The van der Waals surface area contributed by atoms with Crippen molar-refractivity contribution in [3.63, 3.8) is 0 Å². The molecule has 1 saturated carbocycles. The third-order valence-corrected chi connectivity index (χ3v) is 5.42. The number of nitrogens with one attached hydrogen (secondary N) is 2. The van der Waals surface area contributed by atoms with Crippen LogP contribution >= 0.6 is 0 Å². The maximum atomic E-state index is 12.4. The second-order valence-electron chi connectivity index (χ2n) is 7.64. The zero-order valence-corrected chi connectivity index (χ0v) is 15.4. The van der Waals surface area contributed by atoms with Gasteiger partial charge in [0, 0.05) is 11.4 Å². The van der Waals surface area contributed by atoms with Gasteiger partial charge >= 0.3 is 0 Å². The number of likely N-dealkylation sites (tertiary alicyclic amines) is 1. The predicted molar refractivity (Wildman–Crippen MR) is 104 cm³/mol. The van der Waals surface area contributed by atoms with Crippen LogP contribution in [0.4, 0.5) is 11.4 Å². The second-order valence-corrected chi connectivity index (χ2v) is 7.64. The number of carbonyl (C=O) groups is 2. The van der Waals surface area contributed by atoms with Crippen molar-refractivity contribution in [2.45, 2.75) is 56.9 Å². The summed E-state index contributed by atoms with van der Waals surface area (Å²) >= 11 is 0. The predicted octanol–water partition coefficient (Wildman–Crippen LogP) is 2.71. The van der Waals surface area contributed by atoms with Crippen LogP contribution in [0.2, 0.25) is 0 Å². The molecular weight excluding hydrogens is 328 g/mol. The molecule has 4 N–H and O–H groups in total. The molecular formula is C20H30N4O2. The van der Waals surface area contributed by atoms with Gasteiger partial charge in [-0.15, -0.1) is 0 Å². The van der Waals surface area contributed by atoms with Crippen LogP contribution in [0.3, 0.4) is 0 Å². The van der Waals surface area contributed by atoms with Crippen molar-refractivity contribution in [1.29, 1.82) is 0 Å². The summed E-state index contributed by atoms with van der Waals surface area (Å²) in [5.74, 6) is -0.149. The first kappa shape index (κ1) is 18.9. The fraction of sp³-hybridized carbons (Fsp3) is 0.600. The van der Waals surface area contributed by atoms with Crippen LogP contribution in [0.15, 0.2) is 24.3 Å². The number of nitrogens with two attached hydrogens (primary N) is 1. The minimum atomic E-state index is -0.758. The molecule has 0 unspecified atom stereocenters. The van der Waals surface area contributed by atoms with Crippen molar-refractivity contribution in [2.75, 3.05) is 30.3 Å². The minimum Gasteiger partial charge on any atom is -0.325 e. The molecule has 1 aromatic carbocycles. The van der Waals surface area contributed by atoms with Gasteiger partial charge in [-0.25, -0.2) is 0 Å². The van der Waals surface area contributed by atoms with Gasteiger partial charge in [0.2, 0.25) is 11.8 Å². The van der Waals surface area contributed by atoms with E-state index in [1.807, 2.05) is 18.2 Å². The van der Waals surface area contributed by atoms with E-state index in [9.17, 15) is 9.59 Å². The number of hydrogen-bond donors (Lipinski definition) is 3. The molecule has 0 bridgehead atoms. The Morgan fingerprint density at radius 2 is 1.58 bits per heavy atom. The summed E-state index contributed by atoms with van der Waals surface area (Å²) in [5.41, 5.74) is 6.80. The first-order chi connectivity index (χ1) is 12.5. The smallest absolute Gasteiger partial charge is 0.244 e. The monoisotopic (exact) mass is 358 g/mol. The van der Waals surface area contributed by atoms with Gasteiger partial charge in [0.15, 0.2) is 0 Å². The summed E-state index contributed by atoms with van der Waals surface area (Å²) in [6.45, 7) is 2.40. The van der Waals surface area contributed by atoms with Gasteiger partial charge in [-0.2, -0.15) is 0 Å². The molecule has 142 valence electrons. The van der Waals surface area contributed by atoms with Crippen molar-refractivity contribution in [1.82, 2.24) is 4.90 Å². The fourth-order valence-electron chi connectivity index (χ4n) is 3.86. The van der Waals surface area contributed by atoms with Gasteiger partial charge in [-0.05, 0) is 57.0 Å². The molecule has 2 aliphatic rings. The molecule has 0 radical (unpaired) electrons. The summed E-state index contributed by atoms with van der Waals surface area (Å²) in [6.07, 6.45) is 8.28. The van der Waals surface area contributed by atoms with E-state index in [0.29, 0.717) is 17.9 Å². The van der Waals surface area contributed by atoms with Crippen LogP contribution in [0.1, 0.15) is 51.4 Å². The number of rotatable bonds is 5. The van der Waals surface area contributed by atoms with Crippen molar-refractivity contribution in [3.8, 4) is 0 Å². The lowest BCUT2D eigenvalue weighted by molar-refractivity contribution is -0.121. The molecule has 1 aliphatic carbocycles. The maximum Gasteiger partial charge on any atom is 0.244 e. The van der Waals surface area contributed by atoms with E-state index >= 15 is 0 Å². The lowest BCUT2D eigenvalue weighted by atomic mass is 9.98. The van der Waals surface area contributed by atoms with Crippen LogP contribution in [-0.4, -0.2) is 41.9 Å². The van der Waals surface area contributed by atoms with Gasteiger partial charge in [0.25, 0.3) is 0 Å². The van der Waals surface area contributed by atoms with E-state index in [1.54, 1.807) is 6.07 Å². The third kappa shape index (κ3) is 5.05. The topological polar surface area (TPSA) is 87.5 Å². The highest BCUT2D eigenvalue weighted by Crippen LogP contribution is 2.28. The molecule has 6 heteroatoms. The molecule has 1 aliphatic heterocycles. The third-order valence-electron chi connectivity index (χ3n) is 5.42. The molecule has 1 heterocycles. The van der Waals surface area contributed by atoms with E-state index in [2.05, 4.69) is 15.5 Å². The Bertz CT molecular complexity index is 632. The van der Waals surface area contributed by atoms with Crippen molar-refractivity contribution in [2.24, 2.45) is 5.73 Å². The highest BCUT2D eigenvalue weighted by molar-refractivity contribution is 5.99. The van der Waals surface area contributed by atoms with Crippen LogP contribution in [-0.2, 0) is 9.59 Å². The van der Waals surface area contributed by atoms with E-state index in [4.69, 9.17) is 5.73 Å². The Hall–Kier alpha value is -1.92. The summed E-state index contributed by atoms with van der Waals surface area (Å²) in [6, 6.07) is 7.27. The Morgan fingerprint density at radius 1 is 0.962 bits per heavy atom. The molecule has 1 aromatic rings. The van der Waals surface area contributed by atoms with E-state index < -0.39 is 5.54 Å². The van der Waals surface area contributed by atoms with Crippen molar-refractivity contribution >= 4 is 23.2 Å². The van der Waals surface area contributed by atoms with Crippen LogP contribution < -0.4 is 16.4 Å². The first-order valence-corrected chi connectivity index (χ1v) is 9.78. The normalized spacial score (nSPS) is 20.3. The molecule has 0 spiro atoms. The molecule has 2 fully saturated rings. The Kier molecular flexibility index (Phi) is 6.27. The quantitative estimate of drug-likeness (QED) is 0.755. The van der Waals surface area contributed by atoms with Crippen LogP contribution in [0.5, 0.6) is 0 Å². The lowest BCUT2D eigenvalue weighted by Gasteiger charge is -2.22. The van der Waals surface area contributed by atoms with Gasteiger partial charge in [0.1, 0.15) is 0 Å². The van der Waals surface area contributed by atoms with E-state index in [1.165, 1.54) is 12.8 Å². The largest absolute Gasteiger partial charge is 0.325 e. The number of nitrogens with zero attached hydrogens (tertiary/aromatic N) is 1. The van der Waals surface area contributed by atoms with Crippen LogP contribution in [0, 0.1) is 0 Å². The zero-order valence-electron chi connectivity index (χ0n) is 15.4. The molecule has 1 saturated heterocycles. The molecule has 26 heavy (non-hydrogen) atoms. The Labute approximate surface area is 155 Å². The summed E-state index contributed by atoms with van der Waals surface area (Å²) < 4.78 is 0.